The molecule has 1 amide bonds. The first kappa shape index (κ1) is 14.2. The number of rotatable bonds is 2. The van der Waals surface area contributed by atoms with Gasteiger partial charge in [0.25, 0.3) is 5.91 Å². The second kappa shape index (κ2) is 5.41. The van der Waals surface area contributed by atoms with Crippen LogP contribution in [0, 0.1) is 5.92 Å². The molecule has 104 valence electrons. The summed E-state index contributed by atoms with van der Waals surface area (Å²) in [6.45, 7) is 5.44. The van der Waals surface area contributed by atoms with E-state index in [0.29, 0.717) is 23.2 Å². The lowest BCUT2D eigenvalue weighted by Crippen LogP contribution is -2.41. The Morgan fingerprint density at radius 2 is 2.05 bits per heavy atom. The van der Waals surface area contributed by atoms with Crippen LogP contribution in [0.1, 0.15) is 37.0 Å². The molecule has 1 aromatic rings. The molecular formula is C14H20BrN3O. The van der Waals surface area contributed by atoms with E-state index in [9.17, 15) is 4.79 Å². The molecule has 0 aromatic heterocycles. The Bertz CT molecular complexity index is 504. The third-order valence-electron chi connectivity index (χ3n) is 3.81. The molecule has 19 heavy (non-hydrogen) atoms. The SMILES string of the molecule is CC1CCC(C)N(c2cc(C(N)=O)c(N)cc2Br)C1. The molecule has 1 saturated heterocycles. The third kappa shape index (κ3) is 2.86. The number of benzene rings is 1. The quantitative estimate of drug-likeness (QED) is 0.821. The molecule has 1 aliphatic rings. The lowest BCUT2D eigenvalue weighted by molar-refractivity contribution is 0.100. The van der Waals surface area contributed by atoms with E-state index in [4.69, 9.17) is 11.5 Å². The summed E-state index contributed by atoms with van der Waals surface area (Å²) in [5.41, 5.74) is 13.0. The molecular weight excluding hydrogens is 306 g/mol. The van der Waals surface area contributed by atoms with Crippen LogP contribution in [0.5, 0.6) is 0 Å². The number of carbonyl (C=O) groups is 1. The fourth-order valence-corrected chi connectivity index (χ4v) is 3.22. The number of amides is 1. The van der Waals surface area contributed by atoms with Crippen LogP contribution in [-0.4, -0.2) is 18.5 Å². The summed E-state index contributed by atoms with van der Waals surface area (Å²) in [4.78, 5) is 13.7. The minimum atomic E-state index is -0.482. The monoisotopic (exact) mass is 325 g/mol. The molecule has 4 nitrogen and oxygen atoms in total. The normalized spacial score (nSPS) is 23.4. The molecule has 0 bridgehead atoms. The molecule has 2 atom stereocenters. The molecule has 1 aromatic carbocycles. The highest BCUT2D eigenvalue weighted by molar-refractivity contribution is 9.10. The van der Waals surface area contributed by atoms with Gasteiger partial charge >= 0.3 is 0 Å². The number of carbonyl (C=O) groups excluding carboxylic acids is 1. The van der Waals surface area contributed by atoms with Crippen LogP contribution in [0.4, 0.5) is 11.4 Å². The van der Waals surface area contributed by atoms with E-state index in [2.05, 4.69) is 34.7 Å². The van der Waals surface area contributed by atoms with Gasteiger partial charge in [-0.25, -0.2) is 0 Å². The van der Waals surface area contributed by atoms with Gasteiger partial charge in [0.05, 0.1) is 11.3 Å². The zero-order valence-electron chi connectivity index (χ0n) is 11.3. The van der Waals surface area contributed by atoms with E-state index in [1.54, 1.807) is 12.1 Å². The number of nitrogens with two attached hydrogens (primary N) is 2. The molecule has 1 aliphatic heterocycles. The Morgan fingerprint density at radius 3 is 2.68 bits per heavy atom. The minimum Gasteiger partial charge on any atom is -0.398 e. The molecule has 0 radical (unpaired) electrons. The zero-order chi connectivity index (χ0) is 14.2. The summed E-state index contributed by atoms with van der Waals surface area (Å²) < 4.78 is 0.913. The van der Waals surface area contributed by atoms with Crippen LogP contribution in [-0.2, 0) is 0 Å². The number of halogens is 1. The van der Waals surface area contributed by atoms with Gasteiger partial charge in [0.2, 0.25) is 0 Å². The van der Waals surface area contributed by atoms with Crippen LogP contribution in [0.25, 0.3) is 0 Å². The molecule has 0 spiro atoms. The summed E-state index contributed by atoms with van der Waals surface area (Å²) in [6.07, 6.45) is 2.40. The number of hydrogen-bond acceptors (Lipinski definition) is 3. The van der Waals surface area contributed by atoms with Crippen LogP contribution in [0.3, 0.4) is 0 Å². The van der Waals surface area contributed by atoms with E-state index >= 15 is 0 Å². The molecule has 0 saturated carbocycles. The zero-order valence-corrected chi connectivity index (χ0v) is 12.9. The van der Waals surface area contributed by atoms with E-state index in [1.165, 1.54) is 6.42 Å². The van der Waals surface area contributed by atoms with Crippen molar-refractivity contribution in [1.29, 1.82) is 0 Å². The average Bonchev–Trinajstić information content (AvgIpc) is 2.32. The average molecular weight is 326 g/mol. The Hall–Kier alpha value is -1.23. The van der Waals surface area contributed by atoms with Gasteiger partial charge in [0.15, 0.2) is 0 Å². The van der Waals surface area contributed by atoms with Crippen molar-refractivity contribution in [3.63, 3.8) is 0 Å². The van der Waals surface area contributed by atoms with E-state index in [1.807, 2.05) is 0 Å². The van der Waals surface area contributed by atoms with E-state index in [0.717, 1.165) is 23.1 Å². The standard InChI is InChI=1S/C14H20BrN3O/c1-8-3-4-9(2)18(7-8)13-5-10(14(17)19)12(16)6-11(13)15/h5-6,8-9H,3-4,7,16H2,1-2H3,(H2,17,19). The Labute approximate surface area is 122 Å². The number of hydrogen-bond donors (Lipinski definition) is 2. The number of primary amides is 1. The Morgan fingerprint density at radius 1 is 1.37 bits per heavy atom. The van der Waals surface area contributed by atoms with Crippen LogP contribution in [0.2, 0.25) is 0 Å². The van der Waals surface area contributed by atoms with Crippen molar-refractivity contribution < 1.29 is 4.79 Å². The second-order valence-electron chi connectivity index (χ2n) is 5.44. The van der Waals surface area contributed by atoms with Crippen molar-refractivity contribution in [3.05, 3.63) is 22.2 Å². The first-order valence-corrected chi connectivity index (χ1v) is 7.35. The fraction of sp³-hybridized carbons (Fsp3) is 0.500. The van der Waals surface area contributed by atoms with Gasteiger partial charge in [-0.05, 0) is 53.7 Å². The first-order valence-electron chi connectivity index (χ1n) is 6.55. The fourth-order valence-electron chi connectivity index (χ4n) is 2.64. The van der Waals surface area contributed by atoms with Crippen molar-refractivity contribution in [2.45, 2.75) is 32.7 Å². The molecule has 5 heteroatoms. The van der Waals surface area contributed by atoms with Crippen molar-refractivity contribution in [3.8, 4) is 0 Å². The van der Waals surface area contributed by atoms with Gasteiger partial charge in [-0.1, -0.05) is 6.92 Å². The summed E-state index contributed by atoms with van der Waals surface area (Å²) in [5.74, 6) is 0.168. The van der Waals surface area contributed by atoms with Crippen LogP contribution < -0.4 is 16.4 Å². The number of nitrogen functional groups attached to an aromatic ring is 1. The van der Waals surface area contributed by atoms with Crippen molar-refractivity contribution in [1.82, 2.24) is 0 Å². The molecule has 0 aliphatic carbocycles. The largest absolute Gasteiger partial charge is 0.398 e. The van der Waals surface area contributed by atoms with Gasteiger partial charge in [-0.15, -0.1) is 0 Å². The maximum absolute atomic E-state index is 11.4. The lowest BCUT2D eigenvalue weighted by Gasteiger charge is -2.39. The van der Waals surface area contributed by atoms with Gasteiger partial charge < -0.3 is 16.4 Å². The van der Waals surface area contributed by atoms with Gasteiger partial charge in [-0.3, -0.25) is 4.79 Å². The van der Waals surface area contributed by atoms with Crippen LogP contribution >= 0.6 is 15.9 Å². The number of nitrogens with zero attached hydrogens (tertiary/aromatic N) is 1. The highest BCUT2D eigenvalue weighted by Crippen LogP contribution is 2.35. The maximum atomic E-state index is 11.4. The summed E-state index contributed by atoms with van der Waals surface area (Å²) in [6, 6.07) is 4.02. The molecule has 4 N–H and O–H groups in total. The van der Waals surface area contributed by atoms with Crippen molar-refractivity contribution in [2.24, 2.45) is 11.7 Å². The molecule has 1 heterocycles. The summed E-state index contributed by atoms with van der Waals surface area (Å²) >= 11 is 3.54. The number of anilines is 2. The second-order valence-corrected chi connectivity index (χ2v) is 6.29. The van der Waals surface area contributed by atoms with Crippen molar-refractivity contribution in [2.75, 3.05) is 17.2 Å². The topological polar surface area (TPSA) is 72.3 Å². The third-order valence-corrected chi connectivity index (χ3v) is 4.45. The highest BCUT2D eigenvalue weighted by atomic mass is 79.9. The molecule has 1 fully saturated rings. The van der Waals surface area contributed by atoms with Gasteiger partial charge in [-0.2, -0.15) is 0 Å². The smallest absolute Gasteiger partial charge is 0.250 e. The number of piperidine rings is 1. The summed E-state index contributed by atoms with van der Waals surface area (Å²) in [7, 11) is 0. The predicted octanol–water partition coefficient (Wildman–Crippen LogP) is 2.76. The Kier molecular flexibility index (Phi) is 4.04. The van der Waals surface area contributed by atoms with E-state index < -0.39 is 5.91 Å². The molecule has 2 unspecified atom stereocenters. The maximum Gasteiger partial charge on any atom is 0.250 e. The highest BCUT2D eigenvalue weighted by Gasteiger charge is 2.25. The molecule has 2 rings (SSSR count). The Balaban J connectivity index is 2.43. The lowest BCUT2D eigenvalue weighted by atomic mass is 9.94. The van der Waals surface area contributed by atoms with Crippen LogP contribution in [0.15, 0.2) is 16.6 Å². The van der Waals surface area contributed by atoms with E-state index in [-0.39, 0.29) is 0 Å². The van der Waals surface area contributed by atoms with Crippen molar-refractivity contribution >= 4 is 33.2 Å². The minimum absolute atomic E-state index is 0.392. The van der Waals surface area contributed by atoms with Gasteiger partial charge in [0.1, 0.15) is 0 Å². The van der Waals surface area contributed by atoms with Gasteiger partial charge in [0, 0.05) is 22.7 Å². The predicted molar refractivity (Wildman–Crippen MR) is 82.3 cm³/mol. The first-order chi connectivity index (χ1) is 8.90. The summed E-state index contributed by atoms with van der Waals surface area (Å²) in [5, 5.41) is 0.